The molecule has 1 amide bonds. The van der Waals surface area contributed by atoms with Crippen LogP contribution in [-0.2, 0) is 10.0 Å². The van der Waals surface area contributed by atoms with Gasteiger partial charge in [-0.3, -0.25) is 4.79 Å². The first-order valence-corrected chi connectivity index (χ1v) is 9.50. The van der Waals surface area contributed by atoms with E-state index in [9.17, 15) is 18.3 Å². The molecule has 1 saturated carbocycles. The van der Waals surface area contributed by atoms with E-state index in [4.69, 9.17) is 0 Å². The highest BCUT2D eigenvalue weighted by atomic mass is 32.2. The van der Waals surface area contributed by atoms with Gasteiger partial charge in [0.15, 0.2) is 0 Å². The predicted molar refractivity (Wildman–Crippen MR) is 87.9 cm³/mol. The molecule has 132 valence electrons. The highest BCUT2D eigenvalue weighted by Crippen LogP contribution is 2.29. The smallest absolute Gasteiger partial charge is 0.266 e. The molecule has 2 atom stereocenters. The van der Waals surface area contributed by atoms with Crippen molar-refractivity contribution >= 4 is 21.9 Å². The van der Waals surface area contributed by atoms with Crippen molar-refractivity contribution in [1.82, 2.24) is 20.1 Å². The normalized spacial score (nSPS) is 23.9. The van der Waals surface area contributed by atoms with Crippen LogP contribution in [0.3, 0.4) is 0 Å². The first-order chi connectivity index (χ1) is 12.0. The number of aliphatic hydroxyl groups excluding tert-OH is 1. The van der Waals surface area contributed by atoms with Gasteiger partial charge in [-0.1, -0.05) is 12.8 Å². The van der Waals surface area contributed by atoms with Gasteiger partial charge in [0.05, 0.1) is 17.8 Å². The summed E-state index contributed by atoms with van der Waals surface area (Å²) >= 11 is 0. The lowest BCUT2D eigenvalue weighted by atomic mass is 9.92. The number of carbonyl (C=O) groups excluding carboxylic acids is 1. The van der Waals surface area contributed by atoms with Crippen LogP contribution in [0.2, 0.25) is 0 Å². The van der Waals surface area contributed by atoms with E-state index in [1.54, 1.807) is 0 Å². The zero-order chi connectivity index (χ0) is 17.6. The summed E-state index contributed by atoms with van der Waals surface area (Å²) in [6.45, 7) is 0. The molecule has 3 N–H and O–H groups in total. The molecule has 1 aromatic heterocycles. The average Bonchev–Trinajstić information content (AvgIpc) is 3.04. The summed E-state index contributed by atoms with van der Waals surface area (Å²) in [5, 5.41) is 16.8. The molecule has 0 saturated heterocycles. The molecule has 2 aromatic rings. The highest BCUT2D eigenvalue weighted by molar-refractivity contribution is 7.93. The Morgan fingerprint density at radius 3 is 2.92 bits per heavy atom. The van der Waals surface area contributed by atoms with E-state index in [2.05, 4.69) is 20.1 Å². The van der Waals surface area contributed by atoms with Gasteiger partial charge in [0, 0.05) is 5.56 Å². The Balaban J connectivity index is 1.66. The van der Waals surface area contributed by atoms with Crippen molar-refractivity contribution in [2.24, 2.45) is 0 Å². The zero-order valence-corrected chi connectivity index (χ0v) is 14.0. The van der Waals surface area contributed by atoms with Crippen LogP contribution in [0.4, 0.5) is 5.95 Å². The fourth-order valence-electron chi connectivity index (χ4n) is 3.24. The minimum atomic E-state index is -3.83. The second-order valence-corrected chi connectivity index (χ2v) is 7.87. The Morgan fingerprint density at radius 1 is 1.32 bits per heavy atom. The van der Waals surface area contributed by atoms with Gasteiger partial charge >= 0.3 is 0 Å². The molecule has 0 spiro atoms. The lowest BCUT2D eigenvalue weighted by Gasteiger charge is -2.28. The van der Waals surface area contributed by atoms with Crippen molar-refractivity contribution in [2.75, 3.05) is 4.72 Å². The van der Waals surface area contributed by atoms with Crippen LogP contribution in [0.5, 0.6) is 0 Å². The molecule has 0 bridgehead atoms. The van der Waals surface area contributed by atoms with Gasteiger partial charge in [-0.05, 0) is 31.0 Å². The molecule has 2 aliphatic rings. The lowest BCUT2D eigenvalue weighted by Crippen LogP contribution is -2.45. The molecular weight excluding hydrogens is 346 g/mol. The summed E-state index contributed by atoms with van der Waals surface area (Å²) in [7, 11) is -3.83. The molecule has 1 fully saturated rings. The van der Waals surface area contributed by atoms with Crippen molar-refractivity contribution in [1.29, 1.82) is 0 Å². The van der Waals surface area contributed by atoms with Crippen LogP contribution in [0.1, 0.15) is 36.0 Å². The zero-order valence-electron chi connectivity index (χ0n) is 13.2. The number of sulfonamides is 1. The fourth-order valence-corrected chi connectivity index (χ4v) is 4.44. The largest absolute Gasteiger partial charge is 0.391 e. The number of hydrogen-bond donors (Lipinski definition) is 3. The summed E-state index contributed by atoms with van der Waals surface area (Å²) in [4.78, 5) is 16.3. The van der Waals surface area contributed by atoms with E-state index in [0.717, 1.165) is 12.8 Å². The van der Waals surface area contributed by atoms with E-state index in [1.807, 2.05) is 0 Å². The Hall–Kier alpha value is -2.46. The fraction of sp³-hybridized carbons (Fsp3) is 0.400. The molecule has 10 heteroatoms. The molecular formula is C15H17N5O4S. The van der Waals surface area contributed by atoms with Crippen LogP contribution in [0.15, 0.2) is 29.4 Å². The van der Waals surface area contributed by atoms with Crippen LogP contribution in [-0.4, -0.2) is 46.3 Å². The number of benzene rings is 1. The Morgan fingerprint density at radius 2 is 2.12 bits per heavy atom. The van der Waals surface area contributed by atoms with Crippen LogP contribution in [0, 0.1) is 0 Å². The molecule has 25 heavy (non-hydrogen) atoms. The maximum Gasteiger partial charge on any atom is 0.266 e. The second kappa shape index (κ2) is 5.81. The maximum atomic E-state index is 12.5. The average molecular weight is 363 g/mol. The van der Waals surface area contributed by atoms with Crippen molar-refractivity contribution in [2.45, 2.75) is 42.7 Å². The van der Waals surface area contributed by atoms with E-state index in [1.165, 1.54) is 29.2 Å². The maximum absolute atomic E-state index is 12.5. The summed E-state index contributed by atoms with van der Waals surface area (Å²) in [6, 6.07) is 4.06. The monoisotopic (exact) mass is 363 g/mol. The molecule has 9 nitrogen and oxygen atoms in total. The summed E-state index contributed by atoms with van der Waals surface area (Å²) in [5.41, 5.74) is 0.547. The third-order valence-corrected chi connectivity index (χ3v) is 5.92. The number of nitrogens with one attached hydrogen (secondary N) is 2. The standard InChI is InChI=1S/C15H17N5O4S/c21-12-4-2-1-3-10(12)18-14(22)9-5-6-11-13(7-9)25(23,24)19-15-16-8-17-20(11)15/h5-8,10,12,21H,1-4H2,(H,18,22)(H,16,17,19)/t10-,12-/m0/s1. The summed E-state index contributed by atoms with van der Waals surface area (Å²) in [5.74, 6) is -0.302. The number of carbonyl (C=O) groups is 1. The third-order valence-electron chi connectivity index (χ3n) is 4.56. The van der Waals surface area contributed by atoms with E-state index in [0.29, 0.717) is 18.5 Å². The topological polar surface area (TPSA) is 126 Å². The Kier molecular flexibility index (Phi) is 3.73. The number of amides is 1. The summed E-state index contributed by atoms with van der Waals surface area (Å²) in [6.07, 6.45) is 3.93. The number of nitrogens with zero attached hydrogens (tertiary/aromatic N) is 3. The van der Waals surface area contributed by atoms with Gasteiger partial charge in [-0.2, -0.15) is 14.8 Å². The molecule has 1 aliphatic carbocycles. The molecule has 0 radical (unpaired) electrons. The number of anilines is 1. The highest BCUT2D eigenvalue weighted by Gasteiger charge is 2.31. The number of rotatable bonds is 2. The van der Waals surface area contributed by atoms with Gasteiger partial charge in [-0.25, -0.2) is 13.1 Å². The van der Waals surface area contributed by atoms with Gasteiger partial charge < -0.3 is 10.4 Å². The van der Waals surface area contributed by atoms with Crippen LogP contribution < -0.4 is 10.0 Å². The second-order valence-electron chi connectivity index (χ2n) is 6.22. The van der Waals surface area contributed by atoms with Crippen molar-refractivity contribution in [3.8, 4) is 5.69 Å². The SMILES string of the molecule is O=C(N[C@H]1CCCC[C@@H]1O)c1ccc2c(c1)S(=O)(=O)Nc1ncnn1-2. The molecule has 2 heterocycles. The van der Waals surface area contributed by atoms with Gasteiger partial charge in [-0.15, -0.1) is 0 Å². The lowest BCUT2D eigenvalue weighted by molar-refractivity contribution is 0.0717. The molecule has 1 aliphatic heterocycles. The molecule has 4 rings (SSSR count). The number of aromatic nitrogens is 3. The number of aliphatic hydroxyl groups is 1. The summed E-state index contributed by atoms with van der Waals surface area (Å²) < 4.78 is 28.5. The van der Waals surface area contributed by atoms with E-state index >= 15 is 0 Å². The first kappa shape index (κ1) is 16.0. The number of fused-ring (bicyclic) bond motifs is 3. The van der Waals surface area contributed by atoms with Gasteiger partial charge in [0.25, 0.3) is 15.9 Å². The van der Waals surface area contributed by atoms with Crippen molar-refractivity contribution in [3.63, 3.8) is 0 Å². The van der Waals surface area contributed by atoms with E-state index in [-0.39, 0.29) is 22.4 Å². The van der Waals surface area contributed by atoms with E-state index < -0.39 is 22.0 Å². The minimum absolute atomic E-state index is 0.0395. The predicted octanol–water partition coefficient (Wildman–Crippen LogP) is 0.415. The minimum Gasteiger partial charge on any atom is -0.391 e. The van der Waals surface area contributed by atoms with Crippen LogP contribution >= 0.6 is 0 Å². The molecule has 0 unspecified atom stereocenters. The van der Waals surface area contributed by atoms with Gasteiger partial charge in [0.2, 0.25) is 5.95 Å². The number of hydrogen-bond acceptors (Lipinski definition) is 6. The molecule has 1 aromatic carbocycles. The van der Waals surface area contributed by atoms with Gasteiger partial charge in [0.1, 0.15) is 11.2 Å². The van der Waals surface area contributed by atoms with Crippen molar-refractivity contribution < 1.29 is 18.3 Å². The van der Waals surface area contributed by atoms with Crippen molar-refractivity contribution in [3.05, 3.63) is 30.1 Å². The van der Waals surface area contributed by atoms with Crippen LogP contribution in [0.25, 0.3) is 5.69 Å². The quantitative estimate of drug-likeness (QED) is 0.710. The first-order valence-electron chi connectivity index (χ1n) is 8.02. The Labute approximate surface area is 144 Å². The third kappa shape index (κ3) is 2.76. The Bertz CT molecular complexity index is 939.